The highest BCUT2D eigenvalue weighted by atomic mass is 16.5. The van der Waals surface area contributed by atoms with Crippen molar-refractivity contribution in [1.82, 2.24) is 5.32 Å². The van der Waals surface area contributed by atoms with Crippen LogP contribution in [0.3, 0.4) is 0 Å². The maximum Gasteiger partial charge on any atom is 0.166 e. The van der Waals surface area contributed by atoms with Crippen molar-refractivity contribution >= 4 is 16.6 Å². The van der Waals surface area contributed by atoms with Crippen LogP contribution in [-0.2, 0) is 0 Å². The number of methoxy groups -OCH3 is 1. The van der Waals surface area contributed by atoms with Gasteiger partial charge in [-0.2, -0.15) is 0 Å². The summed E-state index contributed by atoms with van der Waals surface area (Å²) >= 11 is 0. The third-order valence-corrected chi connectivity index (χ3v) is 5.21. The van der Waals surface area contributed by atoms with E-state index in [1.54, 1.807) is 7.11 Å². The standard InChI is InChI=1S/C19H21NO2/c1-22-18-9-8-17(15-4-2-3-5-16(15)18)19(21)12-10-13-6-7-14(11-12)20-13/h2-5,8-9,12-14,20H,6-7,10-11H2,1H3. The van der Waals surface area contributed by atoms with Crippen LogP contribution in [0.5, 0.6) is 5.75 Å². The second-order valence-electron chi connectivity index (χ2n) is 6.53. The fourth-order valence-electron chi connectivity index (χ4n) is 4.16. The number of Topliss-reactive ketones (excluding diaryl/α,β-unsaturated/α-hetero) is 1. The Kier molecular flexibility index (Phi) is 3.38. The fourth-order valence-corrected chi connectivity index (χ4v) is 4.16. The highest BCUT2D eigenvalue weighted by molar-refractivity contribution is 6.10. The van der Waals surface area contributed by atoms with Crippen molar-refractivity contribution in [2.24, 2.45) is 5.92 Å². The van der Waals surface area contributed by atoms with Crippen LogP contribution in [-0.4, -0.2) is 25.0 Å². The van der Waals surface area contributed by atoms with Crippen molar-refractivity contribution in [2.45, 2.75) is 37.8 Å². The molecule has 0 saturated carbocycles. The minimum atomic E-state index is 0.163. The quantitative estimate of drug-likeness (QED) is 0.880. The molecule has 22 heavy (non-hydrogen) atoms. The average Bonchev–Trinajstić information content (AvgIpc) is 2.91. The summed E-state index contributed by atoms with van der Waals surface area (Å²) in [4.78, 5) is 13.1. The third-order valence-electron chi connectivity index (χ3n) is 5.21. The molecule has 2 aromatic rings. The van der Waals surface area contributed by atoms with E-state index in [0.29, 0.717) is 17.9 Å². The van der Waals surface area contributed by atoms with Gasteiger partial charge in [0.1, 0.15) is 5.75 Å². The van der Waals surface area contributed by atoms with Crippen molar-refractivity contribution in [3.8, 4) is 5.75 Å². The molecule has 2 bridgehead atoms. The number of fused-ring (bicyclic) bond motifs is 3. The monoisotopic (exact) mass is 295 g/mol. The summed E-state index contributed by atoms with van der Waals surface area (Å²) in [6.45, 7) is 0. The Labute approximate surface area is 130 Å². The largest absolute Gasteiger partial charge is 0.496 e. The van der Waals surface area contributed by atoms with Crippen molar-refractivity contribution in [3.63, 3.8) is 0 Å². The van der Waals surface area contributed by atoms with Gasteiger partial charge in [-0.1, -0.05) is 24.3 Å². The predicted molar refractivity (Wildman–Crippen MR) is 87.5 cm³/mol. The van der Waals surface area contributed by atoms with Gasteiger partial charge in [-0.05, 0) is 43.2 Å². The molecule has 2 saturated heterocycles. The number of benzene rings is 2. The highest BCUT2D eigenvalue weighted by Crippen LogP contribution is 2.35. The van der Waals surface area contributed by atoms with E-state index >= 15 is 0 Å². The van der Waals surface area contributed by atoms with Gasteiger partial charge in [0.05, 0.1) is 7.11 Å². The molecule has 0 aliphatic carbocycles. The van der Waals surface area contributed by atoms with Gasteiger partial charge in [0.25, 0.3) is 0 Å². The van der Waals surface area contributed by atoms with E-state index in [2.05, 4.69) is 5.32 Å². The molecule has 2 atom stereocenters. The van der Waals surface area contributed by atoms with Gasteiger partial charge in [0, 0.05) is 29.0 Å². The molecule has 0 aromatic heterocycles. The summed E-state index contributed by atoms with van der Waals surface area (Å²) in [5.74, 6) is 1.30. The number of hydrogen-bond donors (Lipinski definition) is 1. The maximum atomic E-state index is 13.1. The van der Waals surface area contributed by atoms with Crippen LogP contribution in [0.4, 0.5) is 0 Å². The zero-order valence-corrected chi connectivity index (χ0v) is 12.8. The lowest BCUT2D eigenvalue weighted by molar-refractivity contribution is 0.0877. The molecule has 2 aromatic carbocycles. The second-order valence-corrected chi connectivity index (χ2v) is 6.53. The number of ketones is 1. The first-order valence-electron chi connectivity index (χ1n) is 8.12. The number of rotatable bonds is 3. The van der Waals surface area contributed by atoms with Crippen LogP contribution in [0.2, 0.25) is 0 Å². The van der Waals surface area contributed by atoms with Gasteiger partial charge in [0.2, 0.25) is 0 Å². The van der Waals surface area contributed by atoms with E-state index < -0.39 is 0 Å². The van der Waals surface area contributed by atoms with Crippen LogP contribution >= 0.6 is 0 Å². The predicted octanol–water partition coefficient (Wildman–Crippen LogP) is 3.56. The second kappa shape index (κ2) is 5.40. The molecule has 3 heteroatoms. The van der Waals surface area contributed by atoms with Gasteiger partial charge in [-0.15, -0.1) is 0 Å². The van der Waals surface area contributed by atoms with Gasteiger partial charge < -0.3 is 10.1 Å². The van der Waals surface area contributed by atoms with Gasteiger partial charge in [-0.25, -0.2) is 0 Å². The first kappa shape index (κ1) is 13.8. The Hall–Kier alpha value is -1.87. The minimum absolute atomic E-state index is 0.163. The number of nitrogens with one attached hydrogen (secondary N) is 1. The zero-order chi connectivity index (χ0) is 15.1. The molecular weight excluding hydrogens is 274 g/mol. The Balaban J connectivity index is 1.73. The molecule has 2 aliphatic rings. The number of piperidine rings is 1. The van der Waals surface area contributed by atoms with E-state index in [1.807, 2.05) is 36.4 Å². The van der Waals surface area contributed by atoms with Gasteiger partial charge >= 0.3 is 0 Å². The van der Waals surface area contributed by atoms with E-state index in [0.717, 1.165) is 34.9 Å². The SMILES string of the molecule is COc1ccc(C(=O)C2CC3CCC(C2)N3)c2ccccc12. The molecule has 0 radical (unpaired) electrons. The van der Waals surface area contributed by atoms with E-state index in [9.17, 15) is 4.79 Å². The Bertz CT molecular complexity index is 712. The first-order valence-corrected chi connectivity index (χ1v) is 8.12. The Morgan fingerprint density at radius 1 is 1.05 bits per heavy atom. The highest BCUT2D eigenvalue weighted by Gasteiger charge is 2.37. The Morgan fingerprint density at radius 3 is 2.41 bits per heavy atom. The number of carbonyl (C=O) groups is 1. The molecule has 0 spiro atoms. The summed E-state index contributed by atoms with van der Waals surface area (Å²) in [5, 5.41) is 5.64. The average molecular weight is 295 g/mol. The topological polar surface area (TPSA) is 38.3 Å². The summed E-state index contributed by atoms with van der Waals surface area (Å²) in [7, 11) is 1.67. The fraction of sp³-hybridized carbons (Fsp3) is 0.421. The van der Waals surface area contributed by atoms with Crippen LogP contribution in [0.25, 0.3) is 10.8 Å². The summed E-state index contributed by atoms with van der Waals surface area (Å²) in [6.07, 6.45) is 4.40. The number of carbonyl (C=O) groups excluding carboxylic acids is 1. The van der Waals surface area contributed by atoms with Crippen molar-refractivity contribution < 1.29 is 9.53 Å². The smallest absolute Gasteiger partial charge is 0.166 e. The molecule has 2 aliphatic heterocycles. The third kappa shape index (κ3) is 2.20. The normalized spacial score (nSPS) is 27.0. The Morgan fingerprint density at radius 2 is 1.73 bits per heavy atom. The number of hydrogen-bond acceptors (Lipinski definition) is 3. The van der Waals surface area contributed by atoms with Crippen molar-refractivity contribution in [3.05, 3.63) is 42.0 Å². The van der Waals surface area contributed by atoms with Gasteiger partial charge in [-0.3, -0.25) is 4.79 Å². The molecule has 1 N–H and O–H groups in total. The lowest BCUT2D eigenvalue weighted by Crippen LogP contribution is -2.40. The molecule has 114 valence electrons. The van der Waals surface area contributed by atoms with Gasteiger partial charge in [0.15, 0.2) is 5.78 Å². The summed E-state index contributed by atoms with van der Waals surface area (Å²) < 4.78 is 5.43. The molecule has 3 nitrogen and oxygen atoms in total. The maximum absolute atomic E-state index is 13.1. The van der Waals surface area contributed by atoms with Crippen LogP contribution in [0, 0.1) is 5.92 Å². The summed E-state index contributed by atoms with van der Waals surface area (Å²) in [6, 6.07) is 13.0. The molecular formula is C19H21NO2. The lowest BCUT2D eigenvalue weighted by atomic mass is 9.84. The molecule has 4 rings (SSSR count). The van der Waals surface area contributed by atoms with E-state index in [1.165, 1.54) is 12.8 Å². The van der Waals surface area contributed by atoms with Crippen LogP contribution in [0.15, 0.2) is 36.4 Å². The minimum Gasteiger partial charge on any atom is -0.496 e. The van der Waals surface area contributed by atoms with Crippen LogP contribution in [0.1, 0.15) is 36.0 Å². The lowest BCUT2D eigenvalue weighted by Gasteiger charge is -2.28. The summed E-state index contributed by atoms with van der Waals surface area (Å²) in [5.41, 5.74) is 0.850. The van der Waals surface area contributed by atoms with E-state index in [4.69, 9.17) is 4.74 Å². The van der Waals surface area contributed by atoms with E-state index in [-0.39, 0.29) is 5.92 Å². The van der Waals surface area contributed by atoms with Crippen LogP contribution < -0.4 is 10.1 Å². The van der Waals surface area contributed by atoms with Crippen molar-refractivity contribution in [1.29, 1.82) is 0 Å². The first-order chi connectivity index (χ1) is 10.8. The molecule has 2 heterocycles. The molecule has 2 unspecified atom stereocenters. The van der Waals surface area contributed by atoms with Crippen molar-refractivity contribution in [2.75, 3.05) is 7.11 Å². The molecule has 2 fully saturated rings. The zero-order valence-electron chi connectivity index (χ0n) is 12.8. The number of ether oxygens (including phenoxy) is 1. The molecule has 0 amide bonds.